The minimum Gasteiger partial charge on any atom is -0.321 e. The van der Waals surface area contributed by atoms with E-state index in [9.17, 15) is 26.7 Å². The maximum Gasteiger partial charge on any atom is 0.435 e. The fourth-order valence-corrected chi connectivity index (χ4v) is 2.29. The second-order valence-electron chi connectivity index (χ2n) is 4.62. The van der Waals surface area contributed by atoms with Crippen LogP contribution >= 0.6 is 15.9 Å². The number of halogens is 6. The normalized spacial score (nSPS) is 11.6. The highest BCUT2D eigenvalue weighted by molar-refractivity contribution is 9.10. The minimum atomic E-state index is -4.63. The molecule has 0 aliphatic carbocycles. The van der Waals surface area contributed by atoms with Gasteiger partial charge < -0.3 is 5.32 Å². The Balaban J connectivity index is 2.16. The molecule has 1 aromatic carbocycles. The van der Waals surface area contributed by atoms with Crippen molar-refractivity contribution < 1.29 is 26.7 Å². The molecule has 2 rings (SSSR count). The van der Waals surface area contributed by atoms with Crippen LogP contribution in [0.4, 0.5) is 27.6 Å². The molecule has 1 aromatic heterocycles. The zero-order chi connectivity index (χ0) is 17.4. The summed E-state index contributed by atoms with van der Waals surface area (Å²) in [6.07, 6.45) is -4.63. The van der Waals surface area contributed by atoms with E-state index >= 15 is 0 Å². The molecule has 0 bridgehead atoms. The number of aromatic nitrogens is 2. The number of hydrogen-bond donors (Lipinski definition) is 1. The SMILES string of the molecule is Cc1cc(C(F)(F)F)nn1CC(=O)Nc1c(F)cc(F)cc1Br. The third kappa shape index (κ3) is 4.06. The third-order valence-electron chi connectivity index (χ3n) is 2.84. The van der Waals surface area contributed by atoms with Crippen LogP contribution in [-0.2, 0) is 17.5 Å². The number of benzene rings is 1. The molecular formula is C13H9BrF5N3O. The first-order chi connectivity index (χ1) is 10.6. The molecule has 0 saturated heterocycles. The molecular weight excluding hydrogens is 389 g/mol. The summed E-state index contributed by atoms with van der Waals surface area (Å²) >= 11 is 2.89. The van der Waals surface area contributed by atoms with E-state index in [0.717, 1.165) is 16.8 Å². The van der Waals surface area contributed by atoms with Crippen molar-refractivity contribution in [3.05, 3.63) is 45.7 Å². The van der Waals surface area contributed by atoms with Gasteiger partial charge in [0.2, 0.25) is 5.91 Å². The summed E-state index contributed by atoms with van der Waals surface area (Å²) < 4.78 is 65.0. The molecule has 0 saturated carbocycles. The number of aryl methyl sites for hydroxylation is 1. The van der Waals surface area contributed by atoms with Crippen LogP contribution < -0.4 is 5.32 Å². The molecule has 0 radical (unpaired) electrons. The number of anilines is 1. The molecule has 124 valence electrons. The lowest BCUT2D eigenvalue weighted by molar-refractivity contribution is -0.141. The van der Waals surface area contributed by atoms with E-state index in [0.29, 0.717) is 6.07 Å². The first-order valence-corrected chi connectivity index (χ1v) is 6.93. The van der Waals surface area contributed by atoms with E-state index < -0.39 is 36.0 Å². The van der Waals surface area contributed by atoms with Crippen LogP contribution in [0.2, 0.25) is 0 Å². The van der Waals surface area contributed by atoms with E-state index in [-0.39, 0.29) is 15.9 Å². The summed E-state index contributed by atoms with van der Waals surface area (Å²) in [4.78, 5) is 11.8. The Morgan fingerprint density at radius 3 is 2.48 bits per heavy atom. The molecule has 0 atom stereocenters. The molecule has 0 fully saturated rings. The average Bonchev–Trinajstić information content (AvgIpc) is 2.75. The van der Waals surface area contributed by atoms with Gasteiger partial charge in [-0.15, -0.1) is 0 Å². The lowest BCUT2D eigenvalue weighted by Crippen LogP contribution is -2.21. The smallest absolute Gasteiger partial charge is 0.321 e. The van der Waals surface area contributed by atoms with Gasteiger partial charge in [-0.25, -0.2) is 8.78 Å². The van der Waals surface area contributed by atoms with Crippen molar-refractivity contribution in [1.82, 2.24) is 9.78 Å². The van der Waals surface area contributed by atoms with Gasteiger partial charge in [0.05, 0.1) is 5.69 Å². The second kappa shape index (κ2) is 6.26. The lowest BCUT2D eigenvalue weighted by Gasteiger charge is -2.10. The predicted molar refractivity (Wildman–Crippen MR) is 74.7 cm³/mol. The van der Waals surface area contributed by atoms with Crippen molar-refractivity contribution in [2.24, 2.45) is 0 Å². The van der Waals surface area contributed by atoms with E-state index in [1.165, 1.54) is 6.92 Å². The van der Waals surface area contributed by atoms with Crippen molar-refractivity contribution >= 4 is 27.5 Å². The highest BCUT2D eigenvalue weighted by Gasteiger charge is 2.34. The highest BCUT2D eigenvalue weighted by atomic mass is 79.9. The zero-order valence-corrected chi connectivity index (χ0v) is 13.1. The van der Waals surface area contributed by atoms with Crippen molar-refractivity contribution in [3.8, 4) is 0 Å². The average molecular weight is 398 g/mol. The molecule has 1 heterocycles. The molecule has 0 aliphatic heterocycles. The van der Waals surface area contributed by atoms with Crippen LogP contribution in [0, 0.1) is 18.6 Å². The molecule has 1 N–H and O–H groups in total. The number of nitrogens with zero attached hydrogens (tertiary/aromatic N) is 2. The Labute approximate surface area is 135 Å². The second-order valence-corrected chi connectivity index (χ2v) is 5.47. The Hall–Kier alpha value is -1.97. The number of rotatable bonds is 3. The highest BCUT2D eigenvalue weighted by Crippen LogP contribution is 2.29. The van der Waals surface area contributed by atoms with Crippen LogP contribution in [0.3, 0.4) is 0 Å². The van der Waals surface area contributed by atoms with Gasteiger partial charge in [-0.2, -0.15) is 18.3 Å². The van der Waals surface area contributed by atoms with Crippen molar-refractivity contribution in [3.63, 3.8) is 0 Å². The maximum atomic E-state index is 13.6. The predicted octanol–water partition coefficient (Wildman–Crippen LogP) is 3.89. The van der Waals surface area contributed by atoms with E-state index in [2.05, 4.69) is 26.3 Å². The summed E-state index contributed by atoms with van der Waals surface area (Å²) in [5, 5.41) is 5.45. The van der Waals surface area contributed by atoms with Gasteiger partial charge in [-0.1, -0.05) is 0 Å². The largest absolute Gasteiger partial charge is 0.435 e. The van der Waals surface area contributed by atoms with Crippen LogP contribution in [-0.4, -0.2) is 15.7 Å². The van der Waals surface area contributed by atoms with Gasteiger partial charge in [0.1, 0.15) is 12.4 Å². The topological polar surface area (TPSA) is 46.9 Å². The van der Waals surface area contributed by atoms with Crippen molar-refractivity contribution in [2.75, 3.05) is 5.32 Å². The maximum absolute atomic E-state index is 13.6. The molecule has 0 aliphatic rings. The quantitative estimate of drug-likeness (QED) is 0.798. The summed E-state index contributed by atoms with van der Waals surface area (Å²) in [5.41, 5.74) is -1.32. The van der Waals surface area contributed by atoms with Crippen LogP contribution in [0.15, 0.2) is 22.7 Å². The number of carbonyl (C=O) groups excluding carboxylic acids is 1. The Morgan fingerprint density at radius 1 is 1.30 bits per heavy atom. The van der Waals surface area contributed by atoms with Gasteiger partial charge in [0.25, 0.3) is 0 Å². The number of carbonyl (C=O) groups is 1. The van der Waals surface area contributed by atoms with Crippen LogP contribution in [0.1, 0.15) is 11.4 Å². The van der Waals surface area contributed by atoms with Gasteiger partial charge >= 0.3 is 6.18 Å². The lowest BCUT2D eigenvalue weighted by atomic mass is 10.3. The van der Waals surface area contributed by atoms with Gasteiger partial charge in [0.15, 0.2) is 11.5 Å². The summed E-state index contributed by atoms with van der Waals surface area (Å²) in [7, 11) is 0. The summed E-state index contributed by atoms with van der Waals surface area (Å²) in [5.74, 6) is -2.67. The zero-order valence-electron chi connectivity index (χ0n) is 11.5. The standard InChI is InChI=1S/C13H9BrF5N3O/c1-6-2-10(13(17,18)19)21-22(6)5-11(23)20-12-8(14)3-7(15)4-9(12)16/h2-4H,5H2,1H3,(H,20,23). The molecule has 2 aromatic rings. The fraction of sp³-hybridized carbons (Fsp3) is 0.231. The monoisotopic (exact) mass is 397 g/mol. The molecule has 23 heavy (non-hydrogen) atoms. The van der Waals surface area contributed by atoms with E-state index in [1.807, 2.05) is 0 Å². The van der Waals surface area contributed by atoms with E-state index in [1.54, 1.807) is 0 Å². The first-order valence-electron chi connectivity index (χ1n) is 6.14. The number of hydrogen-bond acceptors (Lipinski definition) is 2. The molecule has 4 nitrogen and oxygen atoms in total. The Bertz CT molecular complexity index is 734. The van der Waals surface area contributed by atoms with Gasteiger partial charge in [0, 0.05) is 16.2 Å². The van der Waals surface area contributed by atoms with Gasteiger partial charge in [-0.05, 0) is 35.0 Å². The summed E-state index contributed by atoms with van der Waals surface area (Å²) in [6.45, 7) is 0.801. The number of amides is 1. The van der Waals surface area contributed by atoms with Gasteiger partial charge in [-0.3, -0.25) is 9.48 Å². The first kappa shape index (κ1) is 17.4. The Morgan fingerprint density at radius 2 is 1.96 bits per heavy atom. The van der Waals surface area contributed by atoms with Crippen LogP contribution in [0.5, 0.6) is 0 Å². The minimum absolute atomic E-state index is 0.0310. The molecule has 0 unspecified atom stereocenters. The summed E-state index contributed by atoms with van der Waals surface area (Å²) in [6, 6.07) is 2.31. The van der Waals surface area contributed by atoms with Crippen molar-refractivity contribution in [2.45, 2.75) is 19.6 Å². The molecule has 10 heteroatoms. The number of alkyl halides is 3. The van der Waals surface area contributed by atoms with Crippen molar-refractivity contribution in [1.29, 1.82) is 0 Å². The third-order valence-corrected chi connectivity index (χ3v) is 3.46. The number of nitrogens with one attached hydrogen (secondary N) is 1. The van der Waals surface area contributed by atoms with E-state index in [4.69, 9.17) is 0 Å². The molecule has 1 amide bonds. The molecule has 0 spiro atoms. The Kier molecular flexibility index (Phi) is 4.73. The van der Waals surface area contributed by atoms with Crippen LogP contribution in [0.25, 0.3) is 0 Å². The fourth-order valence-electron chi connectivity index (χ4n) is 1.79.